The number of amides is 1. The van der Waals surface area contributed by atoms with E-state index in [0.717, 1.165) is 21.3 Å². The molecule has 0 aliphatic rings. The number of aryl methyl sites for hydroxylation is 1. The van der Waals surface area contributed by atoms with Gasteiger partial charge >= 0.3 is 0 Å². The molecule has 0 unspecified atom stereocenters. The summed E-state index contributed by atoms with van der Waals surface area (Å²) in [7, 11) is 1.61. The maximum Gasteiger partial charge on any atom is 0.267 e. The van der Waals surface area contributed by atoms with E-state index < -0.39 is 0 Å². The van der Waals surface area contributed by atoms with Gasteiger partial charge in [-0.2, -0.15) is 0 Å². The molecule has 0 fully saturated rings. The van der Waals surface area contributed by atoms with E-state index in [1.807, 2.05) is 61.5 Å². The number of carbonyl (C=O) groups excluding carboxylic acids is 1. The summed E-state index contributed by atoms with van der Waals surface area (Å²) in [5.74, 6) is 1.19. The Hall–Kier alpha value is -3.45. The predicted molar refractivity (Wildman–Crippen MR) is 118 cm³/mol. The topological polar surface area (TPSA) is 64.5 Å². The monoisotopic (exact) mass is 419 g/mol. The number of anilines is 1. The fourth-order valence-electron chi connectivity index (χ4n) is 3.06. The molecule has 0 saturated carbocycles. The summed E-state index contributed by atoms with van der Waals surface area (Å²) in [6.07, 6.45) is 3.45. The molecule has 2 aromatic heterocycles. The third-order valence-corrected chi connectivity index (χ3v) is 5.67. The predicted octanol–water partition coefficient (Wildman–Crippen LogP) is 4.62. The van der Waals surface area contributed by atoms with Crippen molar-refractivity contribution in [2.75, 3.05) is 18.6 Å². The minimum absolute atomic E-state index is 0.0851. The van der Waals surface area contributed by atoms with E-state index in [1.165, 1.54) is 11.3 Å². The molecule has 0 atom stereocenters. The Balaban J connectivity index is 1.64. The van der Waals surface area contributed by atoms with Gasteiger partial charge in [0, 0.05) is 12.4 Å². The van der Waals surface area contributed by atoms with Gasteiger partial charge in [-0.25, -0.2) is 4.98 Å². The third kappa shape index (κ3) is 4.26. The number of carbonyl (C=O) groups is 1. The standard InChI is InChI=1S/C23H21N3O3S/c1-16-7-3-4-9-18(16)29-15-21(27)26(14-17-8-6-12-24-13-17)23-25-22-19(28-2)10-5-11-20(22)30-23/h3-13H,14-15H2,1-2H3. The zero-order chi connectivity index (χ0) is 20.9. The second kappa shape index (κ2) is 8.92. The first-order valence-corrected chi connectivity index (χ1v) is 10.3. The van der Waals surface area contributed by atoms with Crippen LogP contribution in [0.4, 0.5) is 5.13 Å². The maximum atomic E-state index is 13.2. The lowest BCUT2D eigenvalue weighted by Crippen LogP contribution is -2.34. The SMILES string of the molecule is COc1cccc2sc(N(Cc3cccnc3)C(=O)COc3ccccc3C)nc12. The average Bonchev–Trinajstić information content (AvgIpc) is 3.21. The highest BCUT2D eigenvalue weighted by atomic mass is 32.1. The molecule has 0 saturated heterocycles. The van der Waals surface area contributed by atoms with Crippen LogP contribution < -0.4 is 14.4 Å². The van der Waals surface area contributed by atoms with E-state index >= 15 is 0 Å². The van der Waals surface area contributed by atoms with Gasteiger partial charge in [-0.15, -0.1) is 0 Å². The van der Waals surface area contributed by atoms with Crippen LogP contribution in [0.25, 0.3) is 10.2 Å². The molecule has 7 heteroatoms. The van der Waals surface area contributed by atoms with E-state index in [4.69, 9.17) is 14.5 Å². The second-order valence-corrected chi connectivity index (χ2v) is 7.71. The van der Waals surface area contributed by atoms with Crippen LogP contribution in [0.15, 0.2) is 67.0 Å². The number of aromatic nitrogens is 2. The van der Waals surface area contributed by atoms with Crippen molar-refractivity contribution in [1.29, 1.82) is 0 Å². The zero-order valence-electron chi connectivity index (χ0n) is 16.7. The van der Waals surface area contributed by atoms with Crippen LogP contribution in [0.3, 0.4) is 0 Å². The van der Waals surface area contributed by atoms with Gasteiger partial charge in [0.05, 0.1) is 18.4 Å². The number of hydrogen-bond acceptors (Lipinski definition) is 6. The molecule has 30 heavy (non-hydrogen) atoms. The Morgan fingerprint density at radius 2 is 1.90 bits per heavy atom. The number of methoxy groups -OCH3 is 1. The number of pyridine rings is 1. The highest BCUT2D eigenvalue weighted by molar-refractivity contribution is 7.22. The molecule has 1 amide bonds. The molecule has 6 nitrogen and oxygen atoms in total. The number of hydrogen-bond donors (Lipinski definition) is 0. The van der Waals surface area contributed by atoms with Crippen LogP contribution in [-0.4, -0.2) is 29.6 Å². The number of para-hydroxylation sites is 2. The largest absolute Gasteiger partial charge is 0.494 e. The van der Waals surface area contributed by atoms with Crippen molar-refractivity contribution in [3.05, 3.63) is 78.1 Å². The Kier molecular flexibility index (Phi) is 5.90. The van der Waals surface area contributed by atoms with Crippen LogP contribution in [0.5, 0.6) is 11.5 Å². The smallest absolute Gasteiger partial charge is 0.267 e. The Morgan fingerprint density at radius 1 is 1.07 bits per heavy atom. The first kappa shape index (κ1) is 19.8. The fourth-order valence-corrected chi connectivity index (χ4v) is 4.06. The summed E-state index contributed by atoms with van der Waals surface area (Å²) in [6, 6.07) is 17.2. The van der Waals surface area contributed by atoms with Crippen molar-refractivity contribution in [2.24, 2.45) is 0 Å². The number of ether oxygens (including phenoxy) is 2. The summed E-state index contributed by atoms with van der Waals surface area (Å²) in [4.78, 5) is 23.7. The van der Waals surface area contributed by atoms with E-state index in [-0.39, 0.29) is 12.5 Å². The number of thiazole rings is 1. The lowest BCUT2D eigenvalue weighted by Gasteiger charge is -2.20. The molecule has 0 bridgehead atoms. The number of benzene rings is 2. The van der Waals surface area contributed by atoms with Crippen LogP contribution in [0.1, 0.15) is 11.1 Å². The molecule has 2 aromatic carbocycles. The van der Waals surface area contributed by atoms with Gasteiger partial charge < -0.3 is 9.47 Å². The minimum Gasteiger partial charge on any atom is -0.494 e. The summed E-state index contributed by atoms with van der Waals surface area (Å²) >= 11 is 1.45. The first-order chi connectivity index (χ1) is 14.7. The molecule has 4 rings (SSSR count). The average molecular weight is 420 g/mol. The lowest BCUT2D eigenvalue weighted by atomic mass is 10.2. The fraction of sp³-hybridized carbons (Fsp3) is 0.174. The van der Waals surface area contributed by atoms with Crippen molar-refractivity contribution in [1.82, 2.24) is 9.97 Å². The van der Waals surface area contributed by atoms with Crippen LogP contribution >= 0.6 is 11.3 Å². The first-order valence-electron chi connectivity index (χ1n) is 9.47. The van der Waals surface area contributed by atoms with Crippen LogP contribution in [0.2, 0.25) is 0 Å². The molecule has 4 aromatic rings. The number of rotatable bonds is 7. The second-order valence-electron chi connectivity index (χ2n) is 6.70. The molecule has 0 N–H and O–H groups in total. The third-order valence-electron chi connectivity index (χ3n) is 4.63. The zero-order valence-corrected chi connectivity index (χ0v) is 17.6. The van der Waals surface area contributed by atoms with Crippen molar-refractivity contribution < 1.29 is 14.3 Å². The van der Waals surface area contributed by atoms with Crippen LogP contribution in [0, 0.1) is 6.92 Å². The quantitative estimate of drug-likeness (QED) is 0.437. The van der Waals surface area contributed by atoms with Crippen molar-refractivity contribution in [2.45, 2.75) is 13.5 Å². The summed E-state index contributed by atoms with van der Waals surface area (Å²) in [6.45, 7) is 2.22. The Labute approximate surface area is 178 Å². The van der Waals surface area contributed by atoms with Gasteiger partial charge in [-0.05, 0) is 42.3 Å². The van der Waals surface area contributed by atoms with E-state index in [0.29, 0.717) is 23.2 Å². The van der Waals surface area contributed by atoms with Gasteiger partial charge in [-0.3, -0.25) is 14.7 Å². The van der Waals surface area contributed by atoms with Crippen LogP contribution in [-0.2, 0) is 11.3 Å². The molecule has 152 valence electrons. The Morgan fingerprint density at radius 3 is 2.67 bits per heavy atom. The van der Waals surface area contributed by atoms with E-state index in [2.05, 4.69) is 4.98 Å². The molecule has 2 heterocycles. The van der Waals surface area contributed by atoms with Crippen molar-refractivity contribution in [3.8, 4) is 11.5 Å². The normalized spacial score (nSPS) is 10.7. The van der Waals surface area contributed by atoms with Gasteiger partial charge in [0.25, 0.3) is 5.91 Å². The highest BCUT2D eigenvalue weighted by Crippen LogP contribution is 2.34. The van der Waals surface area contributed by atoms with E-state index in [9.17, 15) is 4.79 Å². The van der Waals surface area contributed by atoms with Gasteiger partial charge in [0.2, 0.25) is 0 Å². The summed E-state index contributed by atoms with van der Waals surface area (Å²) in [5, 5.41) is 0.594. The molecule has 0 aliphatic heterocycles. The Bertz CT molecular complexity index is 1160. The molecule has 0 aliphatic carbocycles. The number of fused-ring (bicyclic) bond motifs is 1. The maximum absolute atomic E-state index is 13.2. The van der Waals surface area contributed by atoms with E-state index in [1.54, 1.807) is 24.4 Å². The molecule has 0 spiro atoms. The molecular weight excluding hydrogens is 398 g/mol. The van der Waals surface area contributed by atoms with Crippen molar-refractivity contribution in [3.63, 3.8) is 0 Å². The molecule has 0 radical (unpaired) electrons. The van der Waals surface area contributed by atoms with Crippen molar-refractivity contribution >= 4 is 32.6 Å². The lowest BCUT2D eigenvalue weighted by molar-refractivity contribution is -0.120. The summed E-state index contributed by atoms with van der Waals surface area (Å²) < 4.78 is 12.2. The minimum atomic E-state index is -0.180. The summed E-state index contributed by atoms with van der Waals surface area (Å²) in [5.41, 5.74) is 2.63. The highest BCUT2D eigenvalue weighted by Gasteiger charge is 2.22. The molecular formula is C23H21N3O3S. The van der Waals surface area contributed by atoms with Gasteiger partial charge in [-0.1, -0.05) is 41.7 Å². The van der Waals surface area contributed by atoms with Gasteiger partial charge in [0.15, 0.2) is 11.7 Å². The number of nitrogens with zero attached hydrogens (tertiary/aromatic N) is 3. The van der Waals surface area contributed by atoms with Gasteiger partial charge in [0.1, 0.15) is 17.0 Å².